The highest BCUT2D eigenvalue weighted by atomic mass is 35.5. The molecule has 0 saturated carbocycles. The first kappa shape index (κ1) is 22.3. The van der Waals surface area contributed by atoms with Crippen molar-refractivity contribution < 1.29 is 19.1 Å². The predicted molar refractivity (Wildman–Crippen MR) is 119 cm³/mol. The van der Waals surface area contributed by atoms with Crippen molar-refractivity contribution in [3.8, 4) is 11.1 Å². The van der Waals surface area contributed by atoms with Gasteiger partial charge in [-0.15, -0.1) is 0 Å². The van der Waals surface area contributed by atoms with Gasteiger partial charge in [0.05, 0.1) is 11.0 Å². The standard InChI is InChI=1S/C25H27ClO4/c1-15-7-8-17(16-9-11-18(26)12-10-16)13-19(15)21-20(30-23(28)24(2,3)4)14-29-25(5,6)22(21)27/h7-13H,14H2,1-6H3. The number of hydrogen-bond donors (Lipinski definition) is 0. The minimum absolute atomic E-state index is 0.0561. The van der Waals surface area contributed by atoms with E-state index in [1.807, 2.05) is 49.4 Å². The number of Topliss-reactive ketones (excluding diaryl/α,β-unsaturated/α-hetero) is 1. The third kappa shape index (κ3) is 4.50. The highest BCUT2D eigenvalue weighted by Crippen LogP contribution is 2.37. The number of ketones is 1. The third-order valence-corrected chi connectivity index (χ3v) is 5.38. The quantitative estimate of drug-likeness (QED) is 0.565. The van der Waals surface area contributed by atoms with Gasteiger partial charge in [0.25, 0.3) is 0 Å². The molecule has 0 N–H and O–H groups in total. The number of esters is 1. The summed E-state index contributed by atoms with van der Waals surface area (Å²) in [5, 5.41) is 0.659. The van der Waals surface area contributed by atoms with Gasteiger partial charge in [0.15, 0.2) is 5.78 Å². The van der Waals surface area contributed by atoms with E-state index in [4.69, 9.17) is 21.1 Å². The second kappa shape index (κ2) is 8.01. The molecular formula is C25H27ClO4. The molecule has 1 heterocycles. The van der Waals surface area contributed by atoms with E-state index in [-0.39, 0.29) is 18.1 Å². The topological polar surface area (TPSA) is 52.6 Å². The molecular weight excluding hydrogens is 400 g/mol. The summed E-state index contributed by atoms with van der Waals surface area (Å²) < 4.78 is 11.4. The molecule has 2 aromatic carbocycles. The Kier molecular flexibility index (Phi) is 5.94. The molecule has 30 heavy (non-hydrogen) atoms. The number of rotatable bonds is 3. The number of ether oxygens (including phenoxy) is 2. The van der Waals surface area contributed by atoms with Gasteiger partial charge in [-0.2, -0.15) is 0 Å². The Hall–Kier alpha value is -2.43. The fourth-order valence-electron chi connectivity index (χ4n) is 3.14. The first-order chi connectivity index (χ1) is 13.9. The summed E-state index contributed by atoms with van der Waals surface area (Å²) in [7, 11) is 0. The SMILES string of the molecule is Cc1ccc(-c2ccc(Cl)cc2)cc1C1=C(OC(=O)C(C)(C)C)COC(C)(C)C1=O. The molecule has 1 aliphatic heterocycles. The summed E-state index contributed by atoms with van der Waals surface area (Å²) >= 11 is 6.02. The smallest absolute Gasteiger partial charge is 0.316 e. The molecule has 0 bridgehead atoms. The monoisotopic (exact) mass is 426 g/mol. The van der Waals surface area contributed by atoms with E-state index in [0.717, 1.165) is 22.3 Å². The van der Waals surface area contributed by atoms with Crippen molar-refractivity contribution in [2.45, 2.75) is 47.1 Å². The van der Waals surface area contributed by atoms with Crippen LogP contribution in [0, 0.1) is 12.3 Å². The van der Waals surface area contributed by atoms with Crippen LogP contribution in [0.3, 0.4) is 0 Å². The minimum atomic E-state index is -1.00. The van der Waals surface area contributed by atoms with Gasteiger partial charge in [0, 0.05) is 5.02 Å². The minimum Gasteiger partial charge on any atom is -0.427 e. The maximum atomic E-state index is 13.3. The van der Waals surface area contributed by atoms with E-state index in [0.29, 0.717) is 10.6 Å². The Morgan fingerprint density at radius 3 is 2.27 bits per heavy atom. The number of carbonyl (C=O) groups excluding carboxylic acids is 2. The van der Waals surface area contributed by atoms with E-state index in [1.54, 1.807) is 34.6 Å². The first-order valence-corrected chi connectivity index (χ1v) is 10.3. The van der Waals surface area contributed by atoms with Gasteiger partial charge in [-0.25, -0.2) is 0 Å². The van der Waals surface area contributed by atoms with Crippen LogP contribution in [-0.4, -0.2) is 24.0 Å². The lowest BCUT2D eigenvalue weighted by molar-refractivity contribution is -0.152. The number of aryl methyl sites for hydroxylation is 1. The molecule has 0 aromatic heterocycles. The molecule has 0 atom stereocenters. The first-order valence-electron chi connectivity index (χ1n) is 9.91. The van der Waals surface area contributed by atoms with Crippen molar-refractivity contribution in [1.82, 2.24) is 0 Å². The second-order valence-corrected chi connectivity index (χ2v) is 9.54. The highest BCUT2D eigenvalue weighted by Gasteiger charge is 2.40. The summed E-state index contributed by atoms with van der Waals surface area (Å²) in [5.74, 6) is -0.352. The number of carbonyl (C=O) groups is 2. The van der Waals surface area contributed by atoms with Crippen molar-refractivity contribution in [3.63, 3.8) is 0 Å². The van der Waals surface area contributed by atoms with E-state index in [9.17, 15) is 9.59 Å². The summed E-state index contributed by atoms with van der Waals surface area (Å²) in [6, 6.07) is 13.4. The van der Waals surface area contributed by atoms with Crippen molar-refractivity contribution >= 4 is 28.9 Å². The Labute approximate surface area is 182 Å². The predicted octanol–water partition coefficient (Wildman–Crippen LogP) is 5.99. The van der Waals surface area contributed by atoms with E-state index in [2.05, 4.69) is 0 Å². The molecule has 3 rings (SSSR count). The Balaban J connectivity index is 2.16. The van der Waals surface area contributed by atoms with Crippen LogP contribution in [-0.2, 0) is 19.1 Å². The lowest BCUT2D eigenvalue weighted by atomic mass is 9.85. The van der Waals surface area contributed by atoms with Gasteiger partial charge < -0.3 is 9.47 Å². The Morgan fingerprint density at radius 2 is 1.67 bits per heavy atom. The Morgan fingerprint density at radius 1 is 1.07 bits per heavy atom. The molecule has 0 spiro atoms. The van der Waals surface area contributed by atoms with Crippen LogP contribution in [0.4, 0.5) is 0 Å². The summed E-state index contributed by atoms with van der Waals surface area (Å²) in [4.78, 5) is 25.9. The maximum absolute atomic E-state index is 13.3. The van der Waals surface area contributed by atoms with Gasteiger partial charge in [-0.1, -0.05) is 35.9 Å². The molecule has 0 saturated heterocycles. The van der Waals surface area contributed by atoms with E-state index in [1.165, 1.54) is 0 Å². The van der Waals surface area contributed by atoms with E-state index < -0.39 is 17.0 Å². The van der Waals surface area contributed by atoms with Crippen LogP contribution in [0.15, 0.2) is 48.2 Å². The molecule has 1 aliphatic rings. The highest BCUT2D eigenvalue weighted by molar-refractivity contribution is 6.30. The normalized spacial score (nSPS) is 16.6. The third-order valence-electron chi connectivity index (χ3n) is 5.13. The van der Waals surface area contributed by atoms with Crippen LogP contribution in [0.25, 0.3) is 16.7 Å². The second-order valence-electron chi connectivity index (χ2n) is 9.10. The fourth-order valence-corrected chi connectivity index (χ4v) is 3.27. The Bertz CT molecular complexity index is 1020. The van der Waals surface area contributed by atoms with Crippen LogP contribution >= 0.6 is 11.6 Å². The summed E-state index contributed by atoms with van der Waals surface area (Å²) in [5.41, 5.74) is 2.27. The van der Waals surface area contributed by atoms with Gasteiger partial charge in [0.1, 0.15) is 18.0 Å². The van der Waals surface area contributed by atoms with Crippen LogP contribution in [0.5, 0.6) is 0 Å². The molecule has 0 aliphatic carbocycles. The molecule has 2 aromatic rings. The molecule has 0 amide bonds. The van der Waals surface area contributed by atoms with Crippen molar-refractivity contribution in [1.29, 1.82) is 0 Å². The van der Waals surface area contributed by atoms with Gasteiger partial charge >= 0.3 is 5.97 Å². The fraction of sp³-hybridized carbons (Fsp3) is 0.360. The average Bonchev–Trinajstić information content (AvgIpc) is 2.66. The zero-order chi connectivity index (χ0) is 22.3. The molecule has 0 fully saturated rings. The van der Waals surface area contributed by atoms with Gasteiger partial charge in [0.2, 0.25) is 0 Å². The largest absolute Gasteiger partial charge is 0.427 e. The van der Waals surface area contributed by atoms with E-state index >= 15 is 0 Å². The lowest BCUT2D eigenvalue weighted by Gasteiger charge is -2.33. The molecule has 158 valence electrons. The average molecular weight is 427 g/mol. The number of halogens is 1. The summed E-state index contributed by atoms with van der Waals surface area (Å²) in [6.45, 7) is 10.8. The zero-order valence-electron chi connectivity index (χ0n) is 18.3. The lowest BCUT2D eigenvalue weighted by Crippen LogP contribution is -2.41. The number of benzene rings is 2. The number of hydrogen-bond acceptors (Lipinski definition) is 4. The van der Waals surface area contributed by atoms with Crippen LogP contribution in [0.1, 0.15) is 45.7 Å². The van der Waals surface area contributed by atoms with Crippen molar-refractivity contribution in [2.24, 2.45) is 5.41 Å². The van der Waals surface area contributed by atoms with Crippen molar-refractivity contribution in [3.05, 3.63) is 64.4 Å². The molecule has 0 unspecified atom stereocenters. The molecule has 5 heteroatoms. The summed E-state index contributed by atoms with van der Waals surface area (Å²) in [6.07, 6.45) is 0. The van der Waals surface area contributed by atoms with Crippen LogP contribution in [0.2, 0.25) is 5.02 Å². The molecule has 0 radical (unpaired) electrons. The molecule has 4 nitrogen and oxygen atoms in total. The van der Waals surface area contributed by atoms with Crippen LogP contribution < -0.4 is 0 Å². The maximum Gasteiger partial charge on any atom is 0.316 e. The zero-order valence-corrected chi connectivity index (χ0v) is 19.0. The van der Waals surface area contributed by atoms with Crippen molar-refractivity contribution in [2.75, 3.05) is 6.61 Å². The van der Waals surface area contributed by atoms with Gasteiger partial charge in [-0.05, 0) is 82.0 Å². The van der Waals surface area contributed by atoms with Gasteiger partial charge in [-0.3, -0.25) is 9.59 Å².